The fraction of sp³-hybridized carbons (Fsp3) is 0.406. The molecule has 0 radical (unpaired) electrons. The Labute approximate surface area is 236 Å². The lowest BCUT2D eigenvalue weighted by atomic mass is 9.94. The zero-order valence-electron chi connectivity index (χ0n) is 23.1. The number of benzene rings is 2. The average Bonchev–Trinajstić information content (AvgIpc) is 3.51. The van der Waals surface area contributed by atoms with Crippen LogP contribution < -0.4 is 5.32 Å². The van der Waals surface area contributed by atoms with E-state index in [1.54, 1.807) is 7.05 Å². The molecule has 214 valence electrons. The van der Waals surface area contributed by atoms with Crippen molar-refractivity contribution >= 4 is 38.9 Å². The first-order valence-corrected chi connectivity index (χ1v) is 14.2. The van der Waals surface area contributed by atoms with Gasteiger partial charge in [0.15, 0.2) is 0 Å². The number of carbonyl (C=O) groups is 1. The van der Waals surface area contributed by atoms with Gasteiger partial charge in [0, 0.05) is 101 Å². The van der Waals surface area contributed by atoms with E-state index in [1.165, 1.54) is 0 Å². The molecule has 1 fully saturated rings. The summed E-state index contributed by atoms with van der Waals surface area (Å²) in [6, 6.07) is 16.4. The Morgan fingerprint density at radius 3 is 2.23 bits per heavy atom. The SMILES string of the molecule is CNC(=O)/C1=C(\C)c2cn(c3ccccc23)CCC(CN2CCC(F)(F)CC2)OCCn2cc1c1ccccc12.[HH].[HH]. The molecule has 0 spiro atoms. The van der Waals surface area contributed by atoms with E-state index in [4.69, 9.17) is 4.74 Å². The van der Waals surface area contributed by atoms with Gasteiger partial charge in [-0.3, -0.25) is 4.79 Å². The normalized spacial score (nSPS) is 22.4. The number of para-hydroxylation sites is 2. The summed E-state index contributed by atoms with van der Waals surface area (Å²) in [6.45, 7) is 5.30. The molecule has 6 nitrogen and oxygen atoms in total. The summed E-state index contributed by atoms with van der Waals surface area (Å²) in [6.07, 6.45) is 4.69. The fourth-order valence-electron chi connectivity index (χ4n) is 6.29. The van der Waals surface area contributed by atoms with Gasteiger partial charge >= 0.3 is 0 Å². The quantitative estimate of drug-likeness (QED) is 0.327. The summed E-state index contributed by atoms with van der Waals surface area (Å²) in [5.41, 5.74) is 5.66. The number of carbonyl (C=O) groups excluding carboxylic acids is 1. The van der Waals surface area contributed by atoms with Crippen molar-refractivity contribution in [3.05, 3.63) is 72.1 Å². The maximum absolute atomic E-state index is 13.8. The van der Waals surface area contributed by atoms with Crippen LogP contribution in [0.2, 0.25) is 0 Å². The first-order valence-electron chi connectivity index (χ1n) is 14.2. The van der Waals surface area contributed by atoms with Crippen LogP contribution in [0.15, 0.2) is 60.9 Å². The molecule has 0 saturated carbocycles. The van der Waals surface area contributed by atoms with Crippen molar-refractivity contribution in [1.29, 1.82) is 0 Å². The number of hydrogen-bond donors (Lipinski definition) is 1. The van der Waals surface area contributed by atoms with Crippen LogP contribution in [-0.4, -0.2) is 65.3 Å². The van der Waals surface area contributed by atoms with Gasteiger partial charge in [0.2, 0.25) is 0 Å². The largest absolute Gasteiger partial charge is 0.375 e. The third-order valence-corrected chi connectivity index (χ3v) is 8.51. The zero-order chi connectivity index (χ0) is 27.9. The van der Waals surface area contributed by atoms with E-state index in [1.807, 2.05) is 31.2 Å². The number of amides is 1. The second kappa shape index (κ2) is 10.8. The smallest absolute Gasteiger partial charge is 0.252 e. The Kier molecular flexibility index (Phi) is 7.23. The van der Waals surface area contributed by atoms with Gasteiger partial charge in [-0.25, -0.2) is 8.78 Å². The molecule has 8 heteroatoms. The van der Waals surface area contributed by atoms with Gasteiger partial charge in [-0.05, 0) is 31.1 Å². The third-order valence-electron chi connectivity index (χ3n) is 8.51. The molecule has 2 aliphatic heterocycles. The highest BCUT2D eigenvalue weighted by molar-refractivity contribution is 6.30. The Hall–Kier alpha value is -3.49. The van der Waals surface area contributed by atoms with Gasteiger partial charge in [0.1, 0.15) is 0 Å². The minimum atomic E-state index is -2.56. The standard InChI is InChI=1S/C32H36F2N4O2.2H2/c1-22-26-20-37(28-9-5-3-7-24(26)28)14-11-23(19-36-15-12-32(33,34)13-16-36)40-18-17-38-21-27(30(22)31(39)35-2)25-8-4-6-10-29(25)38;;/h3-10,20-21,23H,11-19H2,1-2H3,(H,35,39);2*1H/b30-22+;;. The number of aryl methyl sites for hydroxylation is 1. The lowest BCUT2D eigenvalue weighted by Crippen LogP contribution is -2.43. The minimum absolute atomic E-state index is 0. The number of nitrogens with zero attached hydrogens (tertiary/aromatic N) is 3. The first-order chi connectivity index (χ1) is 19.3. The van der Waals surface area contributed by atoms with Crippen LogP contribution in [0.5, 0.6) is 0 Å². The number of allylic oxidation sites excluding steroid dienone is 1. The summed E-state index contributed by atoms with van der Waals surface area (Å²) in [5.74, 6) is -2.68. The van der Waals surface area contributed by atoms with Gasteiger partial charge in [-0.15, -0.1) is 0 Å². The van der Waals surface area contributed by atoms with Gasteiger partial charge in [0.05, 0.1) is 18.3 Å². The highest BCUT2D eigenvalue weighted by atomic mass is 19.3. The average molecular weight is 551 g/mol. The molecular formula is C32H40F2N4O2. The molecule has 2 aliphatic rings. The molecule has 4 heterocycles. The lowest BCUT2D eigenvalue weighted by molar-refractivity contribution is -0.115. The molecule has 1 atom stereocenters. The molecule has 1 N–H and O–H groups in total. The summed E-state index contributed by atoms with van der Waals surface area (Å²) < 4.78 is 38.5. The number of hydrogen-bond acceptors (Lipinski definition) is 3. The highest BCUT2D eigenvalue weighted by Crippen LogP contribution is 2.36. The van der Waals surface area contributed by atoms with Gasteiger partial charge in [-0.2, -0.15) is 0 Å². The highest BCUT2D eigenvalue weighted by Gasteiger charge is 2.34. The molecule has 1 amide bonds. The molecule has 4 aromatic rings. The summed E-state index contributed by atoms with van der Waals surface area (Å²) >= 11 is 0. The van der Waals surface area contributed by atoms with Crippen molar-refractivity contribution in [2.75, 3.05) is 33.3 Å². The molecule has 1 saturated heterocycles. The predicted molar refractivity (Wildman–Crippen MR) is 160 cm³/mol. The van der Waals surface area contributed by atoms with Crippen LogP contribution in [0.3, 0.4) is 0 Å². The fourth-order valence-corrected chi connectivity index (χ4v) is 6.29. The van der Waals surface area contributed by atoms with Crippen molar-refractivity contribution in [3.8, 4) is 0 Å². The van der Waals surface area contributed by atoms with Crippen molar-refractivity contribution in [2.45, 2.75) is 51.3 Å². The lowest BCUT2D eigenvalue weighted by Gasteiger charge is -2.34. The maximum Gasteiger partial charge on any atom is 0.252 e. The molecule has 6 rings (SSSR count). The predicted octanol–water partition coefficient (Wildman–Crippen LogP) is 6.28. The second-order valence-electron chi connectivity index (χ2n) is 11.0. The monoisotopic (exact) mass is 550 g/mol. The molecule has 1 unspecified atom stereocenters. The van der Waals surface area contributed by atoms with Crippen LogP contribution in [0, 0.1) is 0 Å². The Morgan fingerprint density at radius 1 is 0.950 bits per heavy atom. The van der Waals surface area contributed by atoms with E-state index in [2.05, 4.69) is 56.0 Å². The summed E-state index contributed by atoms with van der Waals surface area (Å²) in [5, 5.41) is 4.98. The van der Waals surface area contributed by atoms with Crippen molar-refractivity contribution in [2.24, 2.45) is 0 Å². The number of rotatable bonds is 3. The number of likely N-dealkylation sites (tertiary alicyclic amines) is 1. The molecular weight excluding hydrogens is 510 g/mol. The van der Waals surface area contributed by atoms with E-state index < -0.39 is 5.92 Å². The zero-order valence-corrected chi connectivity index (χ0v) is 23.1. The minimum Gasteiger partial charge on any atom is -0.375 e. The number of aromatic nitrogens is 2. The number of piperidine rings is 1. The number of nitrogens with one attached hydrogen (secondary N) is 1. The molecule has 2 aromatic carbocycles. The van der Waals surface area contributed by atoms with Crippen LogP contribution in [0.1, 0.15) is 40.2 Å². The summed E-state index contributed by atoms with van der Waals surface area (Å²) in [4.78, 5) is 15.5. The Bertz CT molecular complexity index is 1590. The summed E-state index contributed by atoms with van der Waals surface area (Å²) in [7, 11) is 1.67. The van der Waals surface area contributed by atoms with E-state index in [0.29, 0.717) is 38.4 Å². The Balaban J connectivity index is 0.00000202. The van der Waals surface area contributed by atoms with Gasteiger partial charge in [-0.1, -0.05) is 36.4 Å². The van der Waals surface area contributed by atoms with E-state index in [9.17, 15) is 13.6 Å². The van der Waals surface area contributed by atoms with Gasteiger partial charge < -0.3 is 24.1 Å². The molecule has 4 bridgehead atoms. The molecule has 40 heavy (non-hydrogen) atoms. The van der Waals surface area contributed by atoms with Crippen LogP contribution in [0.4, 0.5) is 8.78 Å². The molecule has 2 aromatic heterocycles. The number of fused-ring (bicyclic) bond motifs is 10. The Morgan fingerprint density at radius 2 is 1.55 bits per heavy atom. The van der Waals surface area contributed by atoms with Crippen LogP contribution >= 0.6 is 0 Å². The van der Waals surface area contributed by atoms with Gasteiger partial charge in [0.25, 0.3) is 11.8 Å². The number of ether oxygens (including phenoxy) is 1. The first kappa shape index (κ1) is 26.7. The number of alkyl halides is 2. The van der Waals surface area contributed by atoms with E-state index in [0.717, 1.165) is 51.5 Å². The third kappa shape index (κ3) is 5.06. The van der Waals surface area contributed by atoms with Crippen LogP contribution in [0.25, 0.3) is 33.0 Å². The second-order valence-corrected chi connectivity index (χ2v) is 11.0. The number of halogens is 2. The maximum atomic E-state index is 13.8. The topological polar surface area (TPSA) is 51.4 Å². The van der Waals surface area contributed by atoms with Crippen molar-refractivity contribution in [3.63, 3.8) is 0 Å². The molecule has 0 aliphatic carbocycles. The van der Waals surface area contributed by atoms with Crippen molar-refractivity contribution < 1.29 is 21.2 Å². The van der Waals surface area contributed by atoms with E-state index >= 15 is 0 Å². The van der Waals surface area contributed by atoms with Crippen LogP contribution in [-0.2, 0) is 22.6 Å². The number of likely N-dealkylation sites (N-methyl/N-ethyl adjacent to an activating group) is 1. The van der Waals surface area contributed by atoms with Crippen molar-refractivity contribution in [1.82, 2.24) is 19.4 Å². The van der Waals surface area contributed by atoms with E-state index in [-0.39, 0.29) is 27.7 Å².